The molecule has 0 saturated heterocycles. The molecule has 3 nitrogen and oxygen atoms in total. The zero-order valence-corrected chi connectivity index (χ0v) is 8.58. The zero-order valence-electron chi connectivity index (χ0n) is 7.83. The summed E-state index contributed by atoms with van der Waals surface area (Å²) in [4.78, 5) is 4.18. The van der Waals surface area contributed by atoms with Crippen molar-refractivity contribution >= 4 is 23.3 Å². The molecule has 1 unspecified atom stereocenters. The molecule has 0 bridgehead atoms. The van der Waals surface area contributed by atoms with Gasteiger partial charge in [-0.15, -0.1) is 0 Å². The Morgan fingerprint density at radius 1 is 1.50 bits per heavy atom. The molecule has 0 fully saturated rings. The molecule has 1 atom stereocenters. The highest BCUT2D eigenvalue weighted by Crippen LogP contribution is 2.21. The van der Waals surface area contributed by atoms with Gasteiger partial charge in [-0.25, -0.2) is 4.99 Å². The summed E-state index contributed by atoms with van der Waals surface area (Å²) in [5.74, 6) is 0. The van der Waals surface area contributed by atoms with Crippen LogP contribution in [-0.4, -0.2) is 18.7 Å². The van der Waals surface area contributed by atoms with Crippen molar-refractivity contribution in [3.63, 3.8) is 0 Å². The predicted molar refractivity (Wildman–Crippen MR) is 57.9 cm³/mol. The van der Waals surface area contributed by atoms with Gasteiger partial charge >= 0.3 is 0 Å². The fraction of sp³-hybridized carbons (Fsp3) is 0.300. The molecule has 0 amide bonds. The van der Waals surface area contributed by atoms with Gasteiger partial charge in [-0.3, -0.25) is 0 Å². The maximum absolute atomic E-state index is 5.97. The Morgan fingerprint density at radius 3 is 2.93 bits per heavy atom. The van der Waals surface area contributed by atoms with Crippen molar-refractivity contribution in [3.05, 3.63) is 29.3 Å². The Balaban J connectivity index is 2.08. The highest BCUT2D eigenvalue weighted by molar-refractivity contribution is 6.33. The zero-order chi connectivity index (χ0) is 9.97. The van der Waals surface area contributed by atoms with Crippen molar-refractivity contribution in [2.24, 2.45) is 4.99 Å². The predicted octanol–water partition coefficient (Wildman–Crippen LogP) is 2.53. The molecule has 0 radical (unpaired) electrons. The third-order valence-corrected chi connectivity index (χ3v) is 2.25. The van der Waals surface area contributed by atoms with E-state index in [0.717, 1.165) is 5.69 Å². The topological polar surface area (TPSA) is 33.6 Å². The number of anilines is 1. The van der Waals surface area contributed by atoms with Gasteiger partial charge < -0.3 is 10.1 Å². The highest BCUT2D eigenvalue weighted by atomic mass is 35.5. The molecule has 14 heavy (non-hydrogen) atoms. The second kappa shape index (κ2) is 3.88. The molecule has 1 aliphatic rings. The van der Waals surface area contributed by atoms with E-state index in [9.17, 15) is 0 Å². The van der Waals surface area contributed by atoms with Gasteiger partial charge in [0, 0.05) is 0 Å². The molecule has 1 aliphatic heterocycles. The van der Waals surface area contributed by atoms with Crippen LogP contribution < -0.4 is 5.32 Å². The summed E-state index contributed by atoms with van der Waals surface area (Å²) in [6.07, 6.45) is 0.153. The van der Waals surface area contributed by atoms with Crippen molar-refractivity contribution in [1.82, 2.24) is 0 Å². The molecule has 1 aromatic carbocycles. The average Bonchev–Trinajstić information content (AvgIpc) is 2.56. The van der Waals surface area contributed by atoms with Gasteiger partial charge in [0.1, 0.15) is 6.10 Å². The number of ether oxygens (including phenoxy) is 1. The van der Waals surface area contributed by atoms with Gasteiger partial charge in [0.05, 0.1) is 17.3 Å². The Labute approximate surface area is 87.7 Å². The monoisotopic (exact) mass is 210 g/mol. The van der Waals surface area contributed by atoms with E-state index in [2.05, 4.69) is 10.3 Å². The summed E-state index contributed by atoms with van der Waals surface area (Å²) in [6, 6.07) is 8.05. The van der Waals surface area contributed by atoms with E-state index in [0.29, 0.717) is 17.6 Å². The molecule has 0 aromatic heterocycles. The smallest absolute Gasteiger partial charge is 0.289 e. The normalized spacial score (nSPS) is 20.1. The first-order valence-corrected chi connectivity index (χ1v) is 4.86. The van der Waals surface area contributed by atoms with Gasteiger partial charge in [0.2, 0.25) is 0 Å². The SMILES string of the molecule is CC1CN=C(Nc2ccccc2Cl)O1. The second-order valence-electron chi connectivity index (χ2n) is 3.18. The molecule has 0 saturated carbocycles. The summed E-state index contributed by atoms with van der Waals surface area (Å²) < 4.78 is 5.40. The molecule has 2 rings (SSSR count). The van der Waals surface area contributed by atoms with Crippen LogP contribution >= 0.6 is 11.6 Å². The number of amidine groups is 1. The summed E-state index contributed by atoms with van der Waals surface area (Å²) >= 11 is 5.97. The standard InChI is InChI=1S/C10H11ClN2O/c1-7-6-12-10(14-7)13-9-5-3-2-4-8(9)11/h2-5,7H,6H2,1H3,(H,12,13). The number of nitrogens with one attached hydrogen (secondary N) is 1. The van der Waals surface area contributed by atoms with E-state index in [1.165, 1.54) is 0 Å². The number of hydrogen-bond acceptors (Lipinski definition) is 3. The summed E-state index contributed by atoms with van der Waals surface area (Å²) in [7, 11) is 0. The lowest BCUT2D eigenvalue weighted by atomic mass is 10.3. The molecule has 0 spiro atoms. The lowest BCUT2D eigenvalue weighted by Crippen LogP contribution is -2.15. The van der Waals surface area contributed by atoms with Crippen LogP contribution in [0.4, 0.5) is 5.69 Å². The van der Waals surface area contributed by atoms with Crippen molar-refractivity contribution in [3.8, 4) is 0 Å². The average molecular weight is 211 g/mol. The number of aliphatic imine (C=N–C) groups is 1. The first-order chi connectivity index (χ1) is 6.75. The van der Waals surface area contributed by atoms with Gasteiger partial charge in [0.15, 0.2) is 0 Å². The van der Waals surface area contributed by atoms with Gasteiger partial charge in [-0.1, -0.05) is 23.7 Å². The van der Waals surface area contributed by atoms with E-state index in [1.807, 2.05) is 31.2 Å². The van der Waals surface area contributed by atoms with E-state index >= 15 is 0 Å². The minimum absolute atomic E-state index is 0.153. The molecule has 0 aliphatic carbocycles. The van der Waals surface area contributed by atoms with Crippen molar-refractivity contribution in [1.29, 1.82) is 0 Å². The minimum atomic E-state index is 0.153. The van der Waals surface area contributed by atoms with Crippen LogP contribution in [-0.2, 0) is 4.74 Å². The van der Waals surface area contributed by atoms with Crippen molar-refractivity contribution < 1.29 is 4.74 Å². The Bertz CT molecular complexity index is 365. The van der Waals surface area contributed by atoms with Gasteiger partial charge in [0.25, 0.3) is 6.02 Å². The first-order valence-electron chi connectivity index (χ1n) is 4.48. The van der Waals surface area contributed by atoms with Crippen LogP contribution in [0.2, 0.25) is 5.02 Å². The van der Waals surface area contributed by atoms with Gasteiger partial charge in [-0.05, 0) is 19.1 Å². The van der Waals surface area contributed by atoms with Crippen LogP contribution in [0, 0.1) is 0 Å². The maximum Gasteiger partial charge on any atom is 0.289 e. The Morgan fingerprint density at radius 2 is 2.29 bits per heavy atom. The number of hydrogen-bond donors (Lipinski definition) is 1. The van der Waals surface area contributed by atoms with E-state index < -0.39 is 0 Å². The number of rotatable bonds is 1. The molecule has 1 aromatic rings. The molecular weight excluding hydrogens is 200 g/mol. The summed E-state index contributed by atoms with van der Waals surface area (Å²) in [6.45, 7) is 2.68. The molecule has 4 heteroatoms. The third-order valence-electron chi connectivity index (χ3n) is 1.92. The quantitative estimate of drug-likeness (QED) is 0.773. The Kier molecular flexibility index (Phi) is 2.59. The lowest BCUT2D eigenvalue weighted by molar-refractivity contribution is 0.245. The van der Waals surface area contributed by atoms with Gasteiger partial charge in [-0.2, -0.15) is 0 Å². The molecule has 74 valence electrons. The number of para-hydroxylation sites is 1. The van der Waals surface area contributed by atoms with Crippen LogP contribution in [0.15, 0.2) is 29.3 Å². The molecule has 1 heterocycles. The van der Waals surface area contributed by atoms with Crippen LogP contribution in [0.5, 0.6) is 0 Å². The Hall–Kier alpha value is -1.22. The lowest BCUT2D eigenvalue weighted by Gasteiger charge is -2.08. The van der Waals surface area contributed by atoms with Crippen molar-refractivity contribution in [2.75, 3.05) is 11.9 Å². The van der Waals surface area contributed by atoms with E-state index in [4.69, 9.17) is 16.3 Å². The minimum Gasteiger partial charge on any atom is -0.460 e. The molecule has 1 N–H and O–H groups in total. The number of halogens is 1. The van der Waals surface area contributed by atoms with Crippen molar-refractivity contribution in [2.45, 2.75) is 13.0 Å². The van der Waals surface area contributed by atoms with Crippen LogP contribution in [0.25, 0.3) is 0 Å². The molecular formula is C10H11ClN2O. The summed E-state index contributed by atoms with van der Waals surface area (Å²) in [5, 5.41) is 3.70. The van der Waals surface area contributed by atoms with Crippen LogP contribution in [0.3, 0.4) is 0 Å². The van der Waals surface area contributed by atoms with E-state index in [-0.39, 0.29) is 6.10 Å². The highest BCUT2D eigenvalue weighted by Gasteiger charge is 2.15. The first kappa shape index (κ1) is 9.34. The van der Waals surface area contributed by atoms with Crippen LogP contribution in [0.1, 0.15) is 6.92 Å². The van der Waals surface area contributed by atoms with E-state index in [1.54, 1.807) is 0 Å². The largest absolute Gasteiger partial charge is 0.460 e. The fourth-order valence-electron chi connectivity index (χ4n) is 1.22. The number of benzene rings is 1. The third kappa shape index (κ3) is 1.99. The fourth-order valence-corrected chi connectivity index (χ4v) is 1.41. The second-order valence-corrected chi connectivity index (χ2v) is 3.59. The summed E-state index contributed by atoms with van der Waals surface area (Å²) in [5.41, 5.74) is 0.821. The number of nitrogens with zero attached hydrogens (tertiary/aromatic N) is 1. The maximum atomic E-state index is 5.97.